The van der Waals surface area contributed by atoms with E-state index in [9.17, 15) is 14.0 Å². The normalized spacial score (nSPS) is 17.8. The van der Waals surface area contributed by atoms with Crippen molar-refractivity contribution >= 4 is 11.9 Å². The third-order valence-corrected chi connectivity index (χ3v) is 4.37. The van der Waals surface area contributed by atoms with Crippen LogP contribution >= 0.6 is 0 Å². The Bertz CT molecular complexity index is 535. The lowest BCUT2D eigenvalue weighted by Gasteiger charge is -2.30. The van der Waals surface area contributed by atoms with E-state index in [0.717, 1.165) is 31.2 Å². The van der Waals surface area contributed by atoms with Crippen LogP contribution in [0.5, 0.6) is 0 Å². The lowest BCUT2D eigenvalue weighted by molar-refractivity contribution is -0.141. The molecule has 2 rings (SSSR count). The van der Waals surface area contributed by atoms with Crippen LogP contribution < -0.4 is 5.32 Å². The quantitative estimate of drug-likeness (QED) is 0.851. The highest BCUT2D eigenvalue weighted by atomic mass is 19.1. The number of methoxy groups -OCH3 is 1. The molecular weight excluding hydrogens is 285 g/mol. The minimum Gasteiger partial charge on any atom is -0.469 e. The van der Waals surface area contributed by atoms with Gasteiger partial charge < -0.3 is 10.1 Å². The lowest BCUT2D eigenvalue weighted by atomic mass is 9.77. The molecule has 1 saturated carbocycles. The molecular formula is C17H22FNO3. The summed E-state index contributed by atoms with van der Waals surface area (Å²) in [7, 11) is 1.33. The van der Waals surface area contributed by atoms with E-state index in [1.54, 1.807) is 19.1 Å². The Morgan fingerprint density at radius 3 is 2.41 bits per heavy atom. The second kappa shape index (κ2) is 6.90. The SMILES string of the molecule is COC(=O)CC(C)NC(=O)C1(c2ccc(F)cc2)CCCC1. The first kappa shape index (κ1) is 16.5. The van der Waals surface area contributed by atoms with Crippen molar-refractivity contribution in [1.82, 2.24) is 5.32 Å². The van der Waals surface area contributed by atoms with Crippen molar-refractivity contribution in [3.8, 4) is 0 Å². The molecule has 0 heterocycles. The molecule has 1 N–H and O–H groups in total. The molecule has 1 unspecified atom stereocenters. The van der Waals surface area contributed by atoms with E-state index < -0.39 is 5.41 Å². The van der Waals surface area contributed by atoms with Crippen molar-refractivity contribution < 1.29 is 18.7 Å². The van der Waals surface area contributed by atoms with E-state index in [1.807, 2.05) is 0 Å². The predicted molar refractivity (Wildman–Crippen MR) is 80.8 cm³/mol. The third-order valence-electron chi connectivity index (χ3n) is 4.37. The molecule has 1 fully saturated rings. The molecule has 0 radical (unpaired) electrons. The van der Waals surface area contributed by atoms with Crippen LogP contribution in [0.25, 0.3) is 0 Å². The number of nitrogens with one attached hydrogen (secondary N) is 1. The van der Waals surface area contributed by atoms with Gasteiger partial charge in [0.1, 0.15) is 5.82 Å². The number of halogens is 1. The summed E-state index contributed by atoms with van der Waals surface area (Å²) in [4.78, 5) is 24.1. The van der Waals surface area contributed by atoms with E-state index in [1.165, 1.54) is 19.2 Å². The Labute approximate surface area is 130 Å². The zero-order valence-electron chi connectivity index (χ0n) is 13.0. The number of hydrogen-bond acceptors (Lipinski definition) is 3. The molecule has 1 atom stereocenters. The number of esters is 1. The maximum atomic E-state index is 13.1. The number of ether oxygens (including phenoxy) is 1. The largest absolute Gasteiger partial charge is 0.469 e. The Hall–Kier alpha value is -1.91. The van der Waals surface area contributed by atoms with Crippen LogP contribution in [0.15, 0.2) is 24.3 Å². The Balaban J connectivity index is 2.15. The zero-order chi connectivity index (χ0) is 16.2. The van der Waals surface area contributed by atoms with E-state index in [4.69, 9.17) is 0 Å². The van der Waals surface area contributed by atoms with Crippen LogP contribution in [0.3, 0.4) is 0 Å². The van der Waals surface area contributed by atoms with Crippen LogP contribution in [-0.4, -0.2) is 25.0 Å². The molecule has 4 nitrogen and oxygen atoms in total. The van der Waals surface area contributed by atoms with E-state index in [0.29, 0.717) is 0 Å². The van der Waals surface area contributed by atoms with E-state index in [-0.39, 0.29) is 30.2 Å². The van der Waals surface area contributed by atoms with Gasteiger partial charge in [-0.1, -0.05) is 25.0 Å². The standard InChI is InChI=1S/C17H22FNO3/c1-12(11-15(20)22-2)19-16(21)17(9-3-4-10-17)13-5-7-14(18)8-6-13/h5-8,12H,3-4,9-11H2,1-2H3,(H,19,21). The minimum absolute atomic E-state index is 0.0898. The molecule has 120 valence electrons. The van der Waals surface area contributed by atoms with Crippen molar-refractivity contribution in [3.63, 3.8) is 0 Å². The van der Waals surface area contributed by atoms with Crippen LogP contribution in [0.4, 0.5) is 4.39 Å². The van der Waals surface area contributed by atoms with Crippen molar-refractivity contribution in [2.24, 2.45) is 0 Å². The van der Waals surface area contributed by atoms with Crippen LogP contribution in [-0.2, 0) is 19.7 Å². The molecule has 1 aliphatic carbocycles. The molecule has 22 heavy (non-hydrogen) atoms. The molecule has 0 aliphatic heterocycles. The average Bonchev–Trinajstić information content (AvgIpc) is 2.98. The first-order valence-electron chi connectivity index (χ1n) is 7.62. The molecule has 5 heteroatoms. The first-order valence-corrected chi connectivity index (χ1v) is 7.62. The Kier molecular flexibility index (Phi) is 5.16. The molecule has 1 amide bonds. The van der Waals surface area contributed by atoms with Crippen molar-refractivity contribution in [3.05, 3.63) is 35.6 Å². The molecule has 0 spiro atoms. The second-order valence-corrected chi connectivity index (χ2v) is 5.95. The number of hydrogen-bond donors (Lipinski definition) is 1. The van der Waals surface area contributed by atoms with Crippen LogP contribution in [0.2, 0.25) is 0 Å². The van der Waals surface area contributed by atoms with Gasteiger partial charge in [-0.3, -0.25) is 9.59 Å². The molecule has 0 bridgehead atoms. The topological polar surface area (TPSA) is 55.4 Å². The van der Waals surface area contributed by atoms with Crippen molar-refractivity contribution in [2.45, 2.75) is 50.5 Å². The van der Waals surface area contributed by atoms with Gasteiger partial charge in [-0.15, -0.1) is 0 Å². The van der Waals surface area contributed by atoms with Gasteiger partial charge in [0.2, 0.25) is 5.91 Å². The summed E-state index contributed by atoms with van der Waals surface area (Å²) in [5.41, 5.74) is 0.229. The summed E-state index contributed by atoms with van der Waals surface area (Å²) < 4.78 is 17.8. The summed E-state index contributed by atoms with van der Waals surface area (Å²) in [5, 5.41) is 2.91. The Morgan fingerprint density at radius 2 is 1.86 bits per heavy atom. The predicted octanol–water partition coefficient (Wildman–Crippen LogP) is 2.71. The highest BCUT2D eigenvalue weighted by molar-refractivity contribution is 5.89. The number of benzene rings is 1. The summed E-state index contributed by atoms with van der Waals surface area (Å²) in [6, 6.07) is 5.86. The summed E-state index contributed by atoms with van der Waals surface area (Å²) >= 11 is 0. The van der Waals surface area contributed by atoms with Gasteiger partial charge in [0.15, 0.2) is 0 Å². The monoisotopic (exact) mass is 307 g/mol. The van der Waals surface area contributed by atoms with Crippen molar-refractivity contribution in [2.75, 3.05) is 7.11 Å². The van der Waals surface area contributed by atoms with Gasteiger partial charge in [0, 0.05) is 6.04 Å². The number of carbonyl (C=O) groups is 2. The van der Waals surface area contributed by atoms with Gasteiger partial charge >= 0.3 is 5.97 Å². The van der Waals surface area contributed by atoms with E-state index in [2.05, 4.69) is 10.1 Å². The van der Waals surface area contributed by atoms with Crippen LogP contribution in [0.1, 0.15) is 44.6 Å². The van der Waals surface area contributed by atoms with Gasteiger partial charge in [0.25, 0.3) is 0 Å². The fourth-order valence-corrected chi connectivity index (χ4v) is 3.14. The van der Waals surface area contributed by atoms with Crippen LogP contribution in [0, 0.1) is 5.82 Å². The third kappa shape index (κ3) is 3.46. The zero-order valence-corrected chi connectivity index (χ0v) is 13.0. The highest BCUT2D eigenvalue weighted by Gasteiger charge is 2.43. The van der Waals surface area contributed by atoms with E-state index >= 15 is 0 Å². The Morgan fingerprint density at radius 1 is 1.27 bits per heavy atom. The number of carbonyl (C=O) groups excluding carboxylic acids is 2. The molecule has 1 aromatic rings. The second-order valence-electron chi connectivity index (χ2n) is 5.95. The smallest absolute Gasteiger partial charge is 0.307 e. The summed E-state index contributed by atoms with van der Waals surface area (Å²) in [6.07, 6.45) is 3.57. The fraction of sp³-hybridized carbons (Fsp3) is 0.529. The molecule has 0 aromatic heterocycles. The molecule has 1 aromatic carbocycles. The van der Waals surface area contributed by atoms with Gasteiger partial charge in [-0.25, -0.2) is 4.39 Å². The molecule has 0 saturated heterocycles. The molecule has 1 aliphatic rings. The average molecular weight is 307 g/mol. The van der Waals surface area contributed by atoms with Gasteiger partial charge in [-0.05, 0) is 37.5 Å². The minimum atomic E-state index is -0.613. The van der Waals surface area contributed by atoms with Gasteiger partial charge in [-0.2, -0.15) is 0 Å². The van der Waals surface area contributed by atoms with Crippen molar-refractivity contribution in [1.29, 1.82) is 0 Å². The lowest BCUT2D eigenvalue weighted by Crippen LogP contribution is -2.46. The maximum absolute atomic E-state index is 13.1. The number of amides is 1. The summed E-state index contributed by atoms with van der Waals surface area (Å²) in [5.74, 6) is -0.751. The summed E-state index contributed by atoms with van der Waals surface area (Å²) in [6.45, 7) is 1.78. The first-order chi connectivity index (χ1) is 10.5. The van der Waals surface area contributed by atoms with Gasteiger partial charge in [0.05, 0.1) is 18.9 Å². The maximum Gasteiger partial charge on any atom is 0.307 e. The fourth-order valence-electron chi connectivity index (χ4n) is 3.14. The highest BCUT2D eigenvalue weighted by Crippen LogP contribution is 2.41. The number of rotatable bonds is 5.